The molecule has 6 heteroatoms. The summed E-state index contributed by atoms with van der Waals surface area (Å²) in [5.74, 6) is 0. The average molecular weight is 324 g/mol. The molecule has 0 saturated carbocycles. The average Bonchev–Trinajstić information content (AvgIpc) is 3.12. The van der Waals surface area contributed by atoms with Crippen LogP contribution >= 0.6 is 24.0 Å². The molecule has 0 aliphatic carbocycles. The molecule has 22 heavy (non-hydrogen) atoms. The standard InChI is InChI=1S/C16H12N4S2/c1-20-9-18-13(10-5-3-2-4-6-10)15(20)16-19-14-11(21)7-17-8-12(14)22-16/h2-9,21H,1H3. The molecule has 4 aromatic rings. The lowest BCUT2D eigenvalue weighted by atomic mass is 10.1. The second kappa shape index (κ2) is 5.23. The minimum absolute atomic E-state index is 0.795. The van der Waals surface area contributed by atoms with Gasteiger partial charge in [0.2, 0.25) is 0 Å². The van der Waals surface area contributed by atoms with Crippen LogP contribution in [0, 0.1) is 0 Å². The third-order valence-electron chi connectivity index (χ3n) is 3.47. The zero-order chi connectivity index (χ0) is 15.1. The Morgan fingerprint density at radius 2 is 1.95 bits per heavy atom. The zero-order valence-electron chi connectivity index (χ0n) is 11.8. The number of imidazole rings is 1. The highest BCUT2D eigenvalue weighted by atomic mass is 32.1. The SMILES string of the molecule is Cn1cnc(-c2ccccc2)c1-c1nc2c(S)cncc2s1. The van der Waals surface area contributed by atoms with E-state index in [0.29, 0.717) is 0 Å². The quantitative estimate of drug-likeness (QED) is 0.566. The maximum absolute atomic E-state index is 4.74. The summed E-state index contributed by atoms with van der Waals surface area (Å²) in [6, 6.07) is 10.2. The molecule has 0 bridgehead atoms. The number of thiazole rings is 1. The number of nitrogens with zero attached hydrogens (tertiary/aromatic N) is 4. The van der Waals surface area contributed by atoms with E-state index in [1.165, 1.54) is 0 Å². The second-order valence-corrected chi connectivity index (χ2v) is 6.46. The van der Waals surface area contributed by atoms with Crippen LogP contribution in [0.15, 0.2) is 53.9 Å². The summed E-state index contributed by atoms with van der Waals surface area (Å²) in [4.78, 5) is 14.3. The van der Waals surface area contributed by atoms with E-state index in [0.717, 1.165) is 37.1 Å². The molecular formula is C16H12N4S2. The lowest BCUT2D eigenvalue weighted by molar-refractivity contribution is 0.920. The van der Waals surface area contributed by atoms with Gasteiger partial charge in [-0.05, 0) is 0 Å². The molecule has 0 N–H and O–H groups in total. The number of hydrogen-bond donors (Lipinski definition) is 1. The van der Waals surface area contributed by atoms with Crippen molar-refractivity contribution in [1.29, 1.82) is 0 Å². The fourth-order valence-corrected chi connectivity index (χ4v) is 3.79. The number of aryl methyl sites for hydroxylation is 1. The normalized spacial score (nSPS) is 11.2. The molecule has 0 saturated heterocycles. The van der Waals surface area contributed by atoms with Crippen molar-refractivity contribution in [2.45, 2.75) is 4.90 Å². The fraction of sp³-hybridized carbons (Fsp3) is 0.0625. The van der Waals surface area contributed by atoms with E-state index in [4.69, 9.17) is 4.98 Å². The summed E-state index contributed by atoms with van der Waals surface area (Å²) >= 11 is 6.05. The molecule has 108 valence electrons. The number of thiol groups is 1. The van der Waals surface area contributed by atoms with E-state index in [-0.39, 0.29) is 0 Å². The van der Waals surface area contributed by atoms with Gasteiger partial charge in [0, 0.05) is 29.9 Å². The molecule has 0 radical (unpaired) electrons. The van der Waals surface area contributed by atoms with E-state index in [2.05, 4.69) is 34.7 Å². The highest BCUT2D eigenvalue weighted by Gasteiger charge is 2.17. The molecule has 0 amide bonds. The van der Waals surface area contributed by atoms with Gasteiger partial charge >= 0.3 is 0 Å². The van der Waals surface area contributed by atoms with Crippen molar-refractivity contribution < 1.29 is 0 Å². The molecule has 0 atom stereocenters. The van der Waals surface area contributed by atoms with Gasteiger partial charge in [0.1, 0.15) is 10.7 Å². The predicted molar refractivity (Wildman–Crippen MR) is 92.3 cm³/mol. The summed E-state index contributed by atoms with van der Waals surface area (Å²) in [6.07, 6.45) is 5.37. The van der Waals surface area contributed by atoms with Crippen LogP contribution in [0.25, 0.3) is 32.2 Å². The molecule has 0 unspecified atom stereocenters. The number of hydrogen-bond acceptors (Lipinski definition) is 5. The third kappa shape index (κ3) is 2.12. The smallest absolute Gasteiger partial charge is 0.143 e. The number of aromatic nitrogens is 4. The zero-order valence-corrected chi connectivity index (χ0v) is 13.5. The van der Waals surface area contributed by atoms with Crippen LogP contribution in [0.5, 0.6) is 0 Å². The first-order valence-corrected chi connectivity index (χ1v) is 8.01. The van der Waals surface area contributed by atoms with Crippen molar-refractivity contribution in [3.05, 3.63) is 49.1 Å². The van der Waals surface area contributed by atoms with E-state index in [1.54, 1.807) is 17.5 Å². The Labute approximate surface area is 136 Å². The summed E-state index contributed by atoms with van der Waals surface area (Å²) in [6.45, 7) is 0. The van der Waals surface area contributed by atoms with E-state index >= 15 is 0 Å². The Morgan fingerprint density at radius 3 is 2.73 bits per heavy atom. The minimum Gasteiger partial charge on any atom is -0.331 e. The molecule has 3 aromatic heterocycles. The maximum Gasteiger partial charge on any atom is 0.143 e. The van der Waals surface area contributed by atoms with Crippen molar-refractivity contribution in [3.8, 4) is 22.0 Å². The largest absolute Gasteiger partial charge is 0.331 e. The molecule has 4 rings (SSSR count). The molecule has 4 nitrogen and oxygen atoms in total. The Kier molecular flexibility index (Phi) is 3.20. The summed E-state index contributed by atoms with van der Waals surface area (Å²) in [7, 11) is 1.99. The first-order valence-electron chi connectivity index (χ1n) is 6.74. The van der Waals surface area contributed by atoms with Crippen LogP contribution in [-0.2, 0) is 7.05 Å². The van der Waals surface area contributed by atoms with Gasteiger partial charge in [-0.3, -0.25) is 4.98 Å². The Bertz CT molecular complexity index is 957. The van der Waals surface area contributed by atoms with Crippen LogP contribution in [-0.4, -0.2) is 19.5 Å². The number of pyridine rings is 1. The molecule has 0 aliphatic heterocycles. The van der Waals surface area contributed by atoms with E-state index in [1.807, 2.05) is 42.3 Å². The number of fused-ring (bicyclic) bond motifs is 1. The van der Waals surface area contributed by atoms with Crippen LogP contribution in [0.3, 0.4) is 0 Å². The molecular weight excluding hydrogens is 312 g/mol. The Hall–Kier alpha value is -2.18. The first-order chi connectivity index (χ1) is 10.7. The van der Waals surface area contributed by atoms with Gasteiger partial charge in [0.25, 0.3) is 0 Å². The molecule has 0 aliphatic rings. The van der Waals surface area contributed by atoms with E-state index in [9.17, 15) is 0 Å². The van der Waals surface area contributed by atoms with Crippen LogP contribution < -0.4 is 0 Å². The fourth-order valence-electron chi connectivity index (χ4n) is 2.43. The molecule has 1 aromatic carbocycles. The van der Waals surface area contributed by atoms with Gasteiger partial charge in [0.15, 0.2) is 0 Å². The van der Waals surface area contributed by atoms with Crippen molar-refractivity contribution in [1.82, 2.24) is 19.5 Å². The van der Waals surface area contributed by atoms with Gasteiger partial charge in [-0.15, -0.1) is 24.0 Å². The van der Waals surface area contributed by atoms with Gasteiger partial charge < -0.3 is 4.57 Å². The van der Waals surface area contributed by atoms with Crippen LogP contribution in [0.1, 0.15) is 0 Å². The first kappa shape index (κ1) is 13.5. The predicted octanol–water partition coefficient (Wildman–Crippen LogP) is 4.05. The molecule has 0 fully saturated rings. The second-order valence-electron chi connectivity index (χ2n) is 4.94. The number of benzene rings is 1. The maximum atomic E-state index is 4.74. The monoisotopic (exact) mass is 324 g/mol. The molecule has 3 heterocycles. The molecule has 0 spiro atoms. The van der Waals surface area contributed by atoms with Gasteiger partial charge in [-0.2, -0.15) is 0 Å². The van der Waals surface area contributed by atoms with Crippen LogP contribution in [0.4, 0.5) is 0 Å². The van der Waals surface area contributed by atoms with Gasteiger partial charge in [-0.25, -0.2) is 9.97 Å². The van der Waals surface area contributed by atoms with Gasteiger partial charge in [-0.1, -0.05) is 30.3 Å². The van der Waals surface area contributed by atoms with Crippen molar-refractivity contribution in [3.63, 3.8) is 0 Å². The van der Waals surface area contributed by atoms with Crippen molar-refractivity contribution >= 4 is 34.2 Å². The summed E-state index contributed by atoms with van der Waals surface area (Å²) in [5, 5.41) is 0.928. The van der Waals surface area contributed by atoms with Crippen LogP contribution in [0.2, 0.25) is 0 Å². The van der Waals surface area contributed by atoms with Crippen molar-refractivity contribution in [2.75, 3.05) is 0 Å². The summed E-state index contributed by atoms with van der Waals surface area (Å²) < 4.78 is 3.04. The Balaban J connectivity index is 1.95. The third-order valence-corrected chi connectivity index (χ3v) is 4.80. The van der Waals surface area contributed by atoms with Gasteiger partial charge in [0.05, 0.1) is 22.2 Å². The highest BCUT2D eigenvalue weighted by Crippen LogP contribution is 2.36. The number of rotatable bonds is 2. The minimum atomic E-state index is 0.795. The van der Waals surface area contributed by atoms with E-state index < -0.39 is 0 Å². The topological polar surface area (TPSA) is 43.6 Å². The lowest BCUT2D eigenvalue weighted by Crippen LogP contribution is -1.91. The Morgan fingerprint density at radius 1 is 1.14 bits per heavy atom. The highest BCUT2D eigenvalue weighted by molar-refractivity contribution is 7.80. The lowest BCUT2D eigenvalue weighted by Gasteiger charge is -2.02. The van der Waals surface area contributed by atoms with Crippen molar-refractivity contribution in [2.24, 2.45) is 7.05 Å². The summed E-state index contributed by atoms with van der Waals surface area (Å²) in [5.41, 5.74) is 3.93.